The van der Waals surface area contributed by atoms with E-state index in [2.05, 4.69) is 18.7 Å². The summed E-state index contributed by atoms with van der Waals surface area (Å²) in [7, 11) is 1.48. The highest BCUT2D eigenvalue weighted by molar-refractivity contribution is 5.71. The third kappa shape index (κ3) is 4.30. The lowest BCUT2D eigenvalue weighted by molar-refractivity contribution is -0.143. The second-order valence-electron chi connectivity index (χ2n) is 5.07. The quantitative estimate of drug-likeness (QED) is 0.670. The lowest BCUT2D eigenvalue weighted by atomic mass is 9.82. The summed E-state index contributed by atoms with van der Waals surface area (Å²) in [6.45, 7) is 5.92. The average Bonchev–Trinajstić information content (AvgIpc) is 2.38. The van der Waals surface area contributed by atoms with Gasteiger partial charge in [0.25, 0.3) is 0 Å². The monoisotopic (exact) mass is 241 g/mol. The molecule has 3 nitrogen and oxygen atoms in total. The molecule has 3 heteroatoms. The number of nitrogens with zero attached hydrogens (tertiary/aromatic N) is 1. The fourth-order valence-corrected chi connectivity index (χ4v) is 3.02. The Labute approximate surface area is 106 Å². The topological polar surface area (TPSA) is 29.5 Å². The number of rotatable bonds is 6. The Kier molecular flexibility index (Phi) is 6.56. The molecule has 0 spiro atoms. The molecule has 0 amide bonds. The summed E-state index contributed by atoms with van der Waals surface area (Å²) in [5.74, 6) is 0.666. The first-order chi connectivity index (χ1) is 8.22. The van der Waals surface area contributed by atoms with Gasteiger partial charge in [-0.1, -0.05) is 33.1 Å². The van der Waals surface area contributed by atoms with Crippen LogP contribution in [0.3, 0.4) is 0 Å². The lowest BCUT2D eigenvalue weighted by Crippen LogP contribution is -2.45. The highest BCUT2D eigenvalue weighted by atomic mass is 16.5. The van der Waals surface area contributed by atoms with E-state index in [0.717, 1.165) is 18.9 Å². The van der Waals surface area contributed by atoms with Crippen LogP contribution in [-0.4, -0.2) is 37.1 Å². The van der Waals surface area contributed by atoms with Crippen molar-refractivity contribution >= 4 is 5.97 Å². The summed E-state index contributed by atoms with van der Waals surface area (Å²) in [6.07, 6.45) is 7.56. The smallest absolute Gasteiger partial charge is 0.319 e. The largest absolute Gasteiger partial charge is 0.468 e. The molecular formula is C14H27NO2. The summed E-state index contributed by atoms with van der Waals surface area (Å²) >= 11 is 0. The molecule has 0 saturated heterocycles. The van der Waals surface area contributed by atoms with Gasteiger partial charge in [-0.15, -0.1) is 0 Å². The van der Waals surface area contributed by atoms with E-state index in [1.54, 1.807) is 0 Å². The van der Waals surface area contributed by atoms with Crippen molar-refractivity contribution in [2.75, 3.05) is 20.2 Å². The molecule has 1 aliphatic carbocycles. The maximum atomic E-state index is 11.5. The minimum atomic E-state index is -0.0983. The van der Waals surface area contributed by atoms with Gasteiger partial charge in [-0.3, -0.25) is 9.69 Å². The average molecular weight is 241 g/mol. The second kappa shape index (κ2) is 7.70. The number of esters is 1. The molecule has 0 bridgehead atoms. The maximum Gasteiger partial charge on any atom is 0.319 e. The first-order valence-electron chi connectivity index (χ1n) is 7.03. The second-order valence-corrected chi connectivity index (χ2v) is 5.07. The number of methoxy groups -OCH3 is 1. The summed E-state index contributed by atoms with van der Waals surface area (Å²) in [4.78, 5) is 13.8. The number of carbonyl (C=O) groups is 1. The van der Waals surface area contributed by atoms with Gasteiger partial charge in [0, 0.05) is 6.04 Å². The standard InChI is InChI=1S/C14H27NO2/c1-4-10-15(11-14(16)17-3)13-9-7-6-8-12(13)5-2/h12-13H,4-11H2,1-3H3. The highest BCUT2D eigenvalue weighted by Crippen LogP contribution is 2.30. The molecule has 100 valence electrons. The van der Waals surface area contributed by atoms with Crippen molar-refractivity contribution in [1.82, 2.24) is 4.90 Å². The van der Waals surface area contributed by atoms with Crippen molar-refractivity contribution < 1.29 is 9.53 Å². The van der Waals surface area contributed by atoms with Crippen LogP contribution in [0.4, 0.5) is 0 Å². The molecule has 2 unspecified atom stereocenters. The molecule has 17 heavy (non-hydrogen) atoms. The van der Waals surface area contributed by atoms with E-state index in [9.17, 15) is 4.79 Å². The van der Waals surface area contributed by atoms with Crippen LogP contribution >= 0.6 is 0 Å². The van der Waals surface area contributed by atoms with Crippen LogP contribution in [0.15, 0.2) is 0 Å². The van der Waals surface area contributed by atoms with Gasteiger partial charge in [0.2, 0.25) is 0 Å². The van der Waals surface area contributed by atoms with Crippen LogP contribution in [0.1, 0.15) is 52.4 Å². The van der Waals surface area contributed by atoms with E-state index in [1.807, 2.05) is 0 Å². The van der Waals surface area contributed by atoms with E-state index in [4.69, 9.17) is 4.74 Å². The summed E-state index contributed by atoms with van der Waals surface area (Å²) in [5.41, 5.74) is 0. The Hall–Kier alpha value is -0.570. The Bertz CT molecular complexity index is 230. The first-order valence-corrected chi connectivity index (χ1v) is 7.03. The predicted molar refractivity (Wildman–Crippen MR) is 69.9 cm³/mol. The fourth-order valence-electron chi connectivity index (χ4n) is 3.02. The van der Waals surface area contributed by atoms with E-state index >= 15 is 0 Å². The third-order valence-corrected chi connectivity index (χ3v) is 3.93. The number of hydrogen-bond donors (Lipinski definition) is 0. The minimum Gasteiger partial charge on any atom is -0.468 e. The zero-order valence-electron chi connectivity index (χ0n) is 11.6. The predicted octanol–water partition coefficient (Wildman–Crippen LogP) is 2.84. The van der Waals surface area contributed by atoms with Crippen LogP contribution in [0, 0.1) is 5.92 Å². The molecule has 1 fully saturated rings. The van der Waals surface area contributed by atoms with Crippen LogP contribution in [0.5, 0.6) is 0 Å². The maximum absolute atomic E-state index is 11.5. The van der Waals surface area contributed by atoms with Gasteiger partial charge in [-0.25, -0.2) is 0 Å². The molecule has 1 aliphatic rings. The molecule has 0 N–H and O–H groups in total. The van der Waals surface area contributed by atoms with E-state index in [0.29, 0.717) is 12.6 Å². The van der Waals surface area contributed by atoms with Crippen LogP contribution in [0.25, 0.3) is 0 Å². The van der Waals surface area contributed by atoms with Crippen LogP contribution in [-0.2, 0) is 9.53 Å². The normalized spacial score (nSPS) is 24.9. The van der Waals surface area contributed by atoms with Crippen molar-refractivity contribution in [3.63, 3.8) is 0 Å². The van der Waals surface area contributed by atoms with Gasteiger partial charge >= 0.3 is 5.97 Å². The van der Waals surface area contributed by atoms with E-state index in [-0.39, 0.29) is 5.97 Å². The molecule has 0 aliphatic heterocycles. The minimum absolute atomic E-state index is 0.0983. The van der Waals surface area contributed by atoms with Crippen molar-refractivity contribution in [3.05, 3.63) is 0 Å². The molecule has 0 radical (unpaired) electrons. The van der Waals surface area contributed by atoms with Gasteiger partial charge in [-0.2, -0.15) is 0 Å². The van der Waals surface area contributed by atoms with Gasteiger partial charge in [0.15, 0.2) is 0 Å². The van der Waals surface area contributed by atoms with Crippen LogP contribution < -0.4 is 0 Å². The first kappa shape index (κ1) is 14.5. The lowest BCUT2D eigenvalue weighted by Gasteiger charge is -2.39. The summed E-state index contributed by atoms with van der Waals surface area (Å²) in [6, 6.07) is 0.591. The Morgan fingerprint density at radius 3 is 2.59 bits per heavy atom. The summed E-state index contributed by atoms with van der Waals surface area (Å²) < 4.78 is 4.81. The number of ether oxygens (including phenoxy) is 1. The zero-order valence-corrected chi connectivity index (χ0v) is 11.6. The van der Waals surface area contributed by atoms with E-state index in [1.165, 1.54) is 39.2 Å². The Morgan fingerprint density at radius 1 is 1.29 bits per heavy atom. The molecule has 1 saturated carbocycles. The number of carbonyl (C=O) groups excluding carboxylic acids is 1. The molecular weight excluding hydrogens is 214 g/mol. The molecule has 0 aromatic rings. The van der Waals surface area contributed by atoms with Crippen molar-refractivity contribution in [1.29, 1.82) is 0 Å². The highest BCUT2D eigenvalue weighted by Gasteiger charge is 2.29. The Balaban J connectivity index is 2.62. The molecule has 1 rings (SSSR count). The molecule has 0 heterocycles. The summed E-state index contributed by atoms with van der Waals surface area (Å²) in [5, 5.41) is 0. The van der Waals surface area contributed by atoms with Crippen LogP contribution in [0.2, 0.25) is 0 Å². The fraction of sp³-hybridized carbons (Fsp3) is 0.929. The molecule has 0 aromatic carbocycles. The van der Waals surface area contributed by atoms with Gasteiger partial charge < -0.3 is 4.74 Å². The third-order valence-electron chi connectivity index (χ3n) is 3.93. The van der Waals surface area contributed by atoms with Crippen molar-refractivity contribution in [3.8, 4) is 0 Å². The Morgan fingerprint density at radius 2 is 2.00 bits per heavy atom. The van der Waals surface area contributed by atoms with Crippen molar-refractivity contribution in [2.24, 2.45) is 5.92 Å². The SMILES string of the molecule is CCCN(CC(=O)OC)C1CCCCC1CC. The zero-order chi connectivity index (χ0) is 12.7. The molecule has 2 atom stereocenters. The van der Waals surface area contributed by atoms with Crippen molar-refractivity contribution in [2.45, 2.75) is 58.4 Å². The van der Waals surface area contributed by atoms with Gasteiger partial charge in [-0.05, 0) is 31.7 Å². The molecule has 0 aromatic heterocycles. The number of hydrogen-bond acceptors (Lipinski definition) is 3. The van der Waals surface area contributed by atoms with E-state index < -0.39 is 0 Å². The van der Waals surface area contributed by atoms with Gasteiger partial charge in [0.1, 0.15) is 0 Å². The van der Waals surface area contributed by atoms with Gasteiger partial charge in [0.05, 0.1) is 13.7 Å².